The lowest BCUT2D eigenvalue weighted by atomic mass is 10.1. The summed E-state index contributed by atoms with van der Waals surface area (Å²) in [6.45, 7) is 4.67. The molecular formula is C27H27N3O2. The number of para-hydroxylation sites is 1. The van der Waals surface area contributed by atoms with Crippen molar-refractivity contribution in [1.29, 1.82) is 0 Å². The highest BCUT2D eigenvalue weighted by molar-refractivity contribution is 5.78. The van der Waals surface area contributed by atoms with Crippen molar-refractivity contribution in [2.45, 2.75) is 39.4 Å². The molecule has 0 saturated carbocycles. The standard InChI is InChI=1S/C27H27N3O2/c1-3-25(31)29(18-21-12-6-4-7-13-21)20(2)26-28-24-17-11-10-16-23(24)27(32)30(26)19-22-14-8-5-9-15-22/h4-17,20H,3,18-19H2,1-2H3. The van der Waals surface area contributed by atoms with Crippen LogP contribution in [0.5, 0.6) is 0 Å². The molecule has 32 heavy (non-hydrogen) atoms. The summed E-state index contributed by atoms with van der Waals surface area (Å²) in [6, 6.07) is 26.8. The van der Waals surface area contributed by atoms with E-state index in [0.717, 1.165) is 11.1 Å². The van der Waals surface area contributed by atoms with E-state index in [9.17, 15) is 9.59 Å². The summed E-state index contributed by atoms with van der Waals surface area (Å²) in [6.07, 6.45) is 0.383. The number of hydrogen-bond donors (Lipinski definition) is 0. The number of aromatic nitrogens is 2. The highest BCUT2D eigenvalue weighted by Gasteiger charge is 2.25. The lowest BCUT2D eigenvalue weighted by molar-refractivity contribution is -0.134. The van der Waals surface area contributed by atoms with Gasteiger partial charge in [0.25, 0.3) is 5.56 Å². The van der Waals surface area contributed by atoms with E-state index in [1.54, 1.807) is 10.6 Å². The fraction of sp³-hybridized carbons (Fsp3) is 0.222. The zero-order valence-corrected chi connectivity index (χ0v) is 18.4. The van der Waals surface area contributed by atoms with Gasteiger partial charge in [-0.1, -0.05) is 79.7 Å². The molecule has 1 aromatic heterocycles. The zero-order valence-electron chi connectivity index (χ0n) is 18.4. The molecule has 0 radical (unpaired) electrons. The van der Waals surface area contributed by atoms with Crippen molar-refractivity contribution in [3.05, 3.63) is 112 Å². The molecule has 5 nitrogen and oxygen atoms in total. The van der Waals surface area contributed by atoms with Gasteiger partial charge in [0.05, 0.1) is 23.5 Å². The van der Waals surface area contributed by atoms with Gasteiger partial charge in [0.15, 0.2) is 0 Å². The van der Waals surface area contributed by atoms with Crippen LogP contribution >= 0.6 is 0 Å². The molecule has 162 valence electrons. The molecule has 0 bridgehead atoms. The maximum atomic E-state index is 13.5. The third-order valence-corrected chi connectivity index (χ3v) is 5.73. The second-order valence-corrected chi connectivity index (χ2v) is 7.90. The van der Waals surface area contributed by atoms with Gasteiger partial charge >= 0.3 is 0 Å². The van der Waals surface area contributed by atoms with Gasteiger partial charge in [-0.2, -0.15) is 0 Å². The molecule has 0 saturated heterocycles. The highest BCUT2D eigenvalue weighted by atomic mass is 16.2. The predicted molar refractivity (Wildman–Crippen MR) is 127 cm³/mol. The van der Waals surface area contributed by atoms with Crippen LogP contribution in [0.25, 0.3) is 10.9 Å². The van der Waals surface area contributed by atoms with Crippen molar-refractivity contribution in [2.75, 3.05) is 0 Å². The van der Waals surface area contributed by atoms with Gasteiger partial charge in [-0.25, -0.2) is 4.98 Å². The number of hydrogen-bond acceptors (Lipinski definition) is 3. The van der Waals surface area contributed by atoms with Gasteiger partial charge in [-0.3, -0.25) is 14.2 Å². The molecule has 0 aliphatic heterocycles. The average Bonchev–Trinajstić information content (AvgIpc) is 2.84. The van der Waals surface area contributed by atoms with E-state index in [1.165, 1.54) is 0 Å². The van der Waals surface area contributed by atoms with Crippen molar-refractivity contribution < 1.29 is 4.79 Å². The Balaban J connectivity index is 1.83. The van der Waals surface area contributed by atoms with Gasteiger partial charge in [0.1, 0.15) is 5.82 Å². The third kappa shape index (κ3) is 4.47. The number of nitrogens with zero attached hydrogens (tertiary/aromatic N) is 3. The van der Waals surface area contributed by atoms with Crippen LogP contribution in [-0.2, 0) is 17.9 Å². The number of fused-ring (bicyclic) bond motifs is 1. The lowest BCUT2D eigenvalue weighted by Crippen LogP contribution is -2.37. The molecule has 1 unspecified atom stereocenters. The van der Waals surface area contributed by atoms with Crippen LogP contribution in [0.4, 0.5) is 0 Å². The molecule has 0 spiro atoms. The molecule has 0 aliphatic rings. The number of benzene rings is 3. The maximum Gasteiger partial charge on any atom is 0.261 e. The minimum atomic E-state index is -0.372. The fourth-order valence-electron chi connectivity index (χ4n) is 3.99. The lowest BCUT2D eigenvalue weighted by Gasteiger charge is -2.30. The van der Waals surface area contributed by atoms with Crippen molar-refractivity contribution >= 4 is 16.8 Å². The van der Waals surface area contributed by atoms with E-state index in [-0.39, 0.29) is 17.5 Å². The summed E-state index contributed by atoms with van der Waals surface area (Å²) < 4.78 is 1.71. The van der Waals surface area contributed by atoms with Gasteiger partial charge in [-0.05, 0) is 30.2 Å². The van der Waals surface area contributed by atoms with Crippen LogP contribution in [0.2, 0.25) is 0 Å². The fourth-order valence-corrected chi connectivity index (χ4v) is 3.99. The summed E-state index contributed by atoms with van der Waals surface area (Å²) >= 11 is 0. The first-order valence-electron chi connectivity index (χ1n) is 10.9. The van der Waals surface area contributed by atoms with Gasteiger partial charge in [0, 0.05) is 13.0 Å². The number of rotatable bonds is 7. The summed E-state index contributed by atoms with van der Waals surface area (Å²) in [7, 11) is 0. The molecular weight excluding hydrogens is 398 g/mol. The van der Waals surface area contributed by atoms with E-state index in [2.05, 4.69) is 0 Å². The quantitative estimate of drug-likeness (QED) is 0.421. The molecule has 0 aliphatic carbocycles. The van der Waals surface area contributed by atoms with Crippen molar-refractivity contribution in [2.24, 2.45) is 0 Å². The van der Waals surface area contributed by atoms with Crippen molar-refractivity contribution in [3.8, 4) is 0 Å². The second kappa shape index (κ2) is 9.60. The Bertz CT molecular complexity index is 1270. The molecule has 4 aromatic rings. The second-order valence-electron chi connectivity index (χ2n) is 7.90. The van der Waals surface area contributed by atoms with Crippen LogP contribution < -0.4 is 5.56 Å². The van der Waals surface area contributed by atoms with E-state index < -0.39 is 0 Å². The minimum absolute atomic E-state index is 0.0232. The third-order valence-electron chi connectivity index (χ3n) is 5.73. The molecule has 5 heteroatoms. The Morgan fingerprint density at radius 3 is 2.16 bits per heavy atom. The molecule has 0 N–H and O–H groups in total. The SMILES string of the molecule is CCC(=O)N(Cc1ccccc1)C(C)c1nc2ccccc2c(=O)n1Cc1ccccc1. The predicted octanol–water partition coefficient (Wildman–Crippen LogP) is 4.94. The Morgan fingerprint density at radius 2 is 1.50 bits per heavy atom. The van der Waals surface area contributed by atoms with Crippen molar-refractivity contribution in [1.82, 2.24) is 14.5 Å². The molecule has 4 rings (SSSR count). The van der Waals surface area contributed by atoms with Crippen LogP contribution in [0, 0.1) is 0 Å². The monoisotopic (exact) mass is 425 g/mol. The van der Waals surface area contributed by atoms with Gasteiger partial charge in [0.2, 0.25) is 5.91 Å². The van der Waals surface area contributed by atoms with E-state index in [1.807, 2.05) is 97.6 Å². The van der Waals surface area contributed by atoms with Gasteiger partial charge < -0.3 is 4.90 Å². The van der Waals surface area contributed by atoms with Crippen LogP contribution in [0.15, 0.2) is 89.7 Å². The first-order chi connectivity index (χ1) is 15.6. The van der Waals surface area contributed by atoms with Crippen LogP contribution in [-0.4, -0.2) is 20.4 Å². The summed E-state index contributed by atoms with van der Waals surface area (Å²) in [5, 5.41) is 0.579. The molecule has 0 fully saturated rings. The van der Waals surface area contributed by atoms with Crippen LogP contribution in [0.1, 0.15) is 43.3 Å². The number of carbonyl (C=O) groups excluding carboxylic acids is 1. The Morgan fingerprint density at radius 1 is 0.906 bits per heavy atom. The summed E-state index contributed by atoms with van der Waals surface area (Å²) in [4.78, 5) is 33.2. The van der Waals surface area contributed by atoms with Gasteiger partial charge in [-0.15, -0.1) is 0 Å². The molecule has 1 heterocycles. The number of amides is 1. The molecule has 1 amide bonds. The Kier molecular flexibility index (Phi) is 6.45. The summed E-state index contributed by atoms with van der Waals surface area (Å²) in [5.41, 5.74) is 2.60. The Labute approximate surface area is 188 Å². The van der Waals surface area contributed by atoms with E-state index >= 15 is 0 Å². The van der Waals surface area contributed by atoms with Crippen LogP contribution in [0.3, 0.4) is 0 Å². The highest BCUT2D eigenvalue weighted by Crippen LogP contribution is 2.24. The van der Waals surface area contributed by atoms with Crippen molar-refractivity contribution in [3.63, 3.8) is 0 Å². The smallest absolute Gasteiger partial charge is 0.261 e. The number of carbonyl (C=O) groups is 1. The first-order valence-corrected chi connectivity index (χ1v) is 10.9. The minimum Gasteiger partial charge on any atom is -0.328 e. The first kappa shape index (κ1) is 21.5. The topological polar surface area (TPSA) is 55.2 Å². The molecule has 3 aromatic carbocycles. The zero-order chi connectivity index (χ0) is 22.5. The largest absolute Gasteiger partial charge is 0.328 e. The maximum absolute atomic E-state index is 13.5. The normalized spacial score (nSPS) is 11.9. The summed E-state index contributed by atoms with van der Waals surface area (Å²) in [5.74, 6) is 0.616. The Hall–Kier alpha value is -3.73. The molecule has 1 atom stereocenters. The van der Waals surface area contributed by atoms with E-state index in [4.69, 9.17) is 4.98 Å². The average molecular weight is 426 g/mol. The van der Waals surface area contributed by atoms with E-state index in [0.29, 0.717) is 36.2 Å².